The van der Waals surface area contributed by atoms with Crippen LogP contribution in [0.4, 0.5) is 10.1 Å². The number of anilines is 1. The lowest BCUT2D eigenvalue weighted by Crippen LogP contribution is -2.24. The van der Waals surface area contributed by atoms with E-state index in [9.17, 15) is 8.60 Å². The van der Waals surface area contributed by atoms with Crippen molar-refractivity contribution >= 4 is 21.3 Å². The first-order chi connectivity index (χ1) is 10.9. The van der Waals surface area contributed by atoms with E-state index >= 15 is 0 Å². The van der Waals surface area contributed by atoms with Gasteiger partial charge in [0.1, 0.15) is 5.82 Å². The van der Waals surface area contributed by atoms with Crippen molar-refractivity contribution in [2.75, 3.05) is 16.6 Å². The van der Waals surface area contributed by atoms with Gasteiger partial charge in [0, 0.05) is 27.7 Å². The molecule has 0 aromatic heterocycles. The molecule has 23 heavy (non-hydrogen) atoms. The fourth-order valence-electron chi connectivity index (χ4n) is 2.96. The minimum absolute atomic E-state index is 0.212. The Bertz CT molecular complexity index is 810. The van der Waals surface area contributed by atoms with Crippen LogP contribution in [0.25, 0.3) is 11.1 Å². The van der Waals surface area contributed by atoms with Gasteiger partial charge in [-0.05, 0) is 59.2 Å². The molecule has 0 bridgehead atoms. The Morgan fingerprint density at radius 3 is 2.39 bits per heavy atom. The van der Waals surface area contributed by atoms with E-state index < -0.39 is 9.71 Å². The molecule has 1 aliphatic rings. The topological polar surface area (TPSA) is 20.3 Å². The largest absolute Gasteiger partial charge is 0.299 e. The standard InChI is InChI=1S/C19H22FNOS/c1-14(2)16-11-17(13-18(20)12-16)15-5-7-19(8-6-15)21-9-4-10-23(21,3)22/h5-8,11-14H,3-4,9-10H2,1-2H3. The summed E-state index contributed by atoms with van der Waals surface area (Å²) in [6, 6.07) is 13.0. The van der Waals surface area contributed by atoms with Crippen molar-refractivity contribution in [2.45, 2.75) is 26.2 Å². The van der Waals surface area contributed by atoms with Gasteiger partial charge in [-0.1, -0.05) is 32.0 Å². The van der Waals surface area contributed by atoms with Crippen LogP contribution in [0.1, 0.15) is 31.7 Å². The highest BCUT2D eigenvalue weighted by Crippen LogP contribution is 2.29. The summed E-state index contributed by atoms with van der Waals surface area (Å²) < 4.78 is 28.1. The SMILES string of the molecule is C=S1(=O)CCCN1c1ccc(-c2cc(F)cc(C(C)C)c2)cc1. The Labute approximate surface area is 138 Å². The van der Waals surface area contributed by atoms with Gasteiger partial charge in [0.05, 0.1) is 0 Å². The predicted octanol–water partition coefficient (Wildman–Crippen LogP) is 4.46. The summed E-state index contributed by atoms with van der Waals surface area (Å²) in [5, 5.41) is 0. The van der Waals surface area contributed by atoms with Crippen molar-refractivity contribution in [3.05, 3.63) is 53.8 Å². The zero-order valence-corrected chi connectivity index (χ0v) is 14.4. The third-order valence-corrected chi connectivity index (χ3v) is 6.42. The fraction of sp³-hybridized carbons (Fsp3) is 0.316. The maximum absolute atomic E-state index is 13.8. The molecule has 0 radical (unpaired) electrons. The molecule has 1 atom stereocenters. The summed E-state index contributed by atoms with van der Waals surface area (Å²) in [6.07, 6.45) is 0.908. The zero-order chi connectivity index (χ0) is 16.6. The molecule has 0 N–H and O–H groups in total. The third kappa shape index (κ3) is 3.27. The van der Waals surface area contributed by atoms with Crippen molar-refractivity contribution < 1.29 is 8.60 Å². The first kappa shape index (κ1) is 16.1. The number of benzene rings is 2. The molecular formula is C19H22FNOS. The Morgan fingerprint density at radius 2 is 1.83 bits per heavy atom. The van der Waals surface area contributed by atoms with E-state index in [1.54, 1.807) is 12.1 Å². The summed E-state index contributed by atoms with van der Waals surface area (Å²) in [6.45, 7) is 4.89. The van der Waals surface area contributed by atoms with Gasteiger partial charge >= 0.3 is 0 Å². The van der Waals surface area contributed by atoms with Crippen LogP contribution in [0.3, 0.4) is 0 Å². The summed E-state index contributed by atoms with van der Waals surface area (Å²) in [4.78, 5) is 0. The maximum atomic E-state index is 13.8. The van der Waals surface area contributed by atoms with E-state index in [0.29, 0.717) is 5.75 Å². The number of halogens is 1. The smallest absolute Gasteiger partial charge is 0.124 e. The number of rotatable bonds is 3. The van der Waals surface area contributed by atoms with Crippen molar-refractivity contribution in [2.24, 2.45) is 0 Å². The van der Waals surface area contributed by atoms with Crippen LogP contribution in [0.5, 0.6) is 0 Å². The lowest BCUT2D eigenvalue weighted by atomic mass is 9.97. The van der Waals surface area contributed by atoms with Crippen molar-refractivity contribution in [1.29, 1.82) is 0 Å². The molecule has 1 unspecified atom stereocenters. The van der Waals surface area contributed by atoms with Gasteiger partial charge in [0.25, 0.3) is 0 Å². The second kappa shape index (κ2) is 6.00. The predicted molar refractivity (Wildman–Crippen MR) is 98.0 cm³/mol. The van der Waals surface area contributed by atoms with Gasteiger partial charge in [0.2, 0.25) is 0 Å². The monoisotopic (exact) mass is 331 g/mol. The van der Waals surface area contributed by atoms with E-state index in [2.05, 4.69) is 19.7 Å². The van der Waals surface area contributed by atoms with Gasteiger partial charge in [-0.2, -0.15) is 0 Å². The number of nitrogens with zero attached hydrogens (tertiary/aromatic N) is 1. The molecule has 1 saturated heterocycles. The molecule has 0 spiro atoms. The second-order valence-corrected chi connectivity index (χ2v) is 8.80. The van der Waals surface area contributed by atoms with Crippen molar-refractivity contribution in [1.82, 2.24) is 0 Å². The maximum Gasteiger partial charge on any atom is 0.124 e. The van der Waals surface area contributed by atoms with Crippen LogP contribution in [-0.2, 0) is 9.71 Å². The minimum atomic E-state index is -2.17. The van der Waals surface area contributed by atoms with E-state index in [4.69, 9.17) is 0 Å². The van der Waals surface area contributed by atoms with Crippen LogP contribution in [0.2, 0.25) is 0 Å². The van der Waals surface area contributed by atoms with Crippen molar-refractivity contribution in [3.63, 3.8) is 0 Å². The first-order valence-corrected chi connectivity index (χ1v) is 9.76. The van der Waals surface area contributed by atoms with Crippen LogP contribution < -0.4 is 4.31 Å². The van der Waals surface area contributed by atoms with Crippen LogP contribution >= 0.6 is 0 Å². The van der Waals surface area contributed by atoms with E-state index in [0.717, 1.165) is 35.3 Å². The highest BCUT2D eigenvalue weighted by Gasteiger charge is 2.23. The molecule has 1 aliphatic heterocycles. The third-order valence-electron chi connectivity index (χ3n) is 4.30. The molecule has 2 aromatic rings. The molecule has 0 amide bonds. The number of hydrogen-bond donors (Lipinski definition) is 0. The van der Waals surface area contributed by atoms with Crippen LogP contribution in [0.15, 0.2) is 42.5 Å². The summed E-state index contributed by atoms with van der Waals surface area (Å²) in [5.41, 5.74) is 3.75. The Balaban J connectivity index is 1.94. The number of hydrogen-bond acceptors (Lipinski definition) is 1. The van der Waals surface area contributed by atoms with Gasteiger partial charge in [-0.15, -0.1) is 0 Å². The summed E-state index contributed by atoms with van der Waals surface area (Å²) >= 11 is 0. The van der Waals surface area contributed by atoms with Gasteiger partial charge in [-0.3, -0.25) is 4.31 Å². The van der Waals surface area contributed by atoms with E-state index in [-0.39, 0.29) is 11.7 Å². The van der Waals surface area contributed by atoms with Crippen molar-refractivity contribution in [3.8, 4) is 11.1 Å². The van der Waals surface area contributed by atoms with Crippen LogP contribution in [-0.4, -0.2) is 22.4 Å². The Morgan fingerprint density at radius 1 is 1.13 bits per heavy atom. The average Bonchev–Trinajstić information content (AvgIpc) is 2.86. The second-order valence-electron chi connectivity index (χ2n) is 6.41. The van der Waals surface area contributed by atoms with E-state index in [1.807, 2.05) is 34.6 Å². The van der Waals surface area contributed by atoms with Crippen LogP contribution in [0, 0.1) is 5.82 Å². The molecule has 1 heterocycles. The average molecular weight is 331 g/mol. The normalized spacial score (nSPS) is 21.1. The highest BCUT2D eigenvalue weighted by atomic mass is 32.2. The Hall–Kier alpha value is -1.81. The molecule has 2 nitrogen and oxygen atoms in total. The molecule has 1 fully saturated rings. The first-order valence-electron chi connectivity index (χ1n) is 7.90. The molecule has 2 aromatic carbocycles. The van der Waals surface area contributed by atoms with E-state index in [1.165, 1.54) is 0 Å². The molecule has 0 saturated carbocycles. The lowest BCUT2D eigenvalue weighted by molar-refractivity contribution is 0.624. The summed E-state index contributed by atoms with van der Waals surface area (Å²) in [5.74, 6) is 4.57. The summed E-state index contributed by atoms with van der Waals surface area (Å²) in [7, 11) is -2.17. The molecule has 122 valence electrons. The molecular weight excluding hydrogens is 309 g/mol. The lowest BCUT2D eigenvalue weighted by Gasteiger charge is -2.21. The van der Waals surface area contributed by atoms with Gasteiger partial charge in [0.15, 0.2) is 0 Å². The van der Waals surface area contributed by atoms with Gasteiger partial charge in [-0.25, -0.2) is 8.60 Å². The van der Waals surface area contributed by atoms with Gasteiger partial charge < -0.3 is 0 Å². The fourth-order valence-corrected chi connectivity index (χ4v) is 4.73. The Kier molecular flexibility index (Phi) is 4.19. The minimum Gasteiger partial charge on any atom is -0.299 e. The molecule has 4 heteroatoms. The molecule has 0 aliphatic carbocycles. The zero-order valence-electron chi connectivity index (χ0n) is 13.6. The quantitative estimate of drug-likeness (QED) is 0.761. The highest BCUT2D eigenvalue weighted by molar-refractivity contribution is 8.01. The molecule has 3 rings (SSSR count).